The molecule has 3 heterocycles. The fourth-order valence-corrected chi connectivity index (χ4v) is 6.74. The minimum absolute atomic E-state index is 0.0599. The molecule has 4 atom stereocenters. The Hall–Kier alpha value is -2.76. The smallest absolute Gasteiger partial charge is 0.246 e. The summed E-state index contributed by atoms with van der Waals surface area (Å²) in [4.78, 5) is 31.1. The number of benzene rings is 1. The Bertz CT molecular complexity index is 1020. The zero-order valence-corrected chi connectivity index (χ0v) is 23.0. The van der Waals surface area contributed by atoms with Crippen molar-refractivity contribution in [2.24, 2.45) is 17.8 Å². The molecule has 5 rings (SSSR count). The first-order chi connectivity index (χ1) is 18.7. The number of allylic oxidation sites excluding steroid dienone is 2. The summed E-state index contributed by atoms with van der Waals surface area (Å²) in [5.41, 5.74) is 1.15. The monoisotopic (exact) mass is 520 g/mol. The zero-order valence-electron chi connectivity index (χ0n) is 23.0. The maximum absolute atomic E-state index is 13.9. The van der Waals surface area contributed by atoms with Gasteiger partial charge in [-0.1, -0.05) is 50.5 Å². The number of hydrogen-bond acceptors (Lipinski definition) is 4. The van der Waals surface area contributed by atoms with Crippen LogP contribution in [0.25, 0.3) is 0 Å². The molecule has 0 N–H and O–H groups in total. The van der Waals surface area contributed by atoms with Gasteiger partial charge in [-0.15, -0.1) is 0 Å². The fourth-order valence-electron chi connectivity index (χ4n) is 6.74. The molecule has 38 heavy (non-hydrogen) atoms. The van der Waals surface area contributed by atoms with Gasteiger partial charge in [-0.25, -0.2) is 0 Å². The van der Waals surface area contributed by atoms with Gasteiger partial charge in [-0.05, 0) is 80.6 Å². The predicted molar refractivity (Wildman–Crippen MR) is 149 cm³/mol. The lowest BCUT2D eigenvalue weighted by Gasteiger charge is -2.41. The van der Waals surface area contributed by atoms with Crippen LogP contribution in [0.5, 0.6) is 11.5 Å². The Labute approximate surface area is 228 Å². The van der Waals surface area contributed by atoms with Gasteiger partial charge in [0.2, 0.25) is 18.6 Å². The molecule has 6 heteroatoms. The van der Waals surface area contributed by atoms with E-state index in [1.54, 1.807) is 0 Å². The van der Waals surface area contributed by atoms with Gasteiger partial charge in [0.1, 0.15) is 0 Å². The first-order valence-electron chi connectivity index (χ1n) is 15.0. The zero-order chi connectivity index (χ0) is 26.3. The molecule has 0 radical (unpaired) electrons. The summed E-state index contributed by atoms with van der Waals surface area (Å²) < 4.78 is 11.3. The molecule has 0 saturated carbocycles. The highest BCUT2D eigenvalue weighted by atomic mass is 16.7. The molecule has 0 spiro atoms. The van der Waals surface area contributed by atoms with E-state index in [-0.39, 0.29) is 42.3 Å². The molecule has 0 unspecified atom stereocenters. The van der Waals surface area contributed by atoms with Crippen molar-refractivity contribution in [1.82, 2.24) is 9.80 Å². The molecule has 0 bridgehead atoms. The summed E-state index contributed by atoms with van der Waals surface area (Å²) in [6.45, 7) is 5.89. The Balaban J connectivity index is 1.47. The first-order valence-corrected chi connectivity index (χ1v) is 15.0. The van der Waals surface area contributed by atoms with Crippen molar-refractivity contribution in [3.8, 4) is 11.5 Å². The van der Waals surface area contributed by atoms with E-state index in [0.29, 0.717) is 0 Å². The van der Waals surface area contributed by atoms with Gasteiger partial charge < -0.3 is 19.3 Å². The number of rotatable bonds is 8. The topological polar surface area (TPSA) is 59.1 Å². The average Bonchev–Trinajstić information content (AvgIpc) is 3.45. The van der Waals surface area contributed by atoms with Crippen molar-refractivity contribution < 1.29 is 19.1 Å². The highest BCUT2D eigenvalue weighted by Gasteiger charge is 2.40. The number of carbonyl (C=O) groups excluding carboxylic acids is 2. The van der Waals surface area contributed by atoms with Gasteiger partial charge in [0.25, 0.3) is 0 Å². The van der Waals surface area contributed by atoms with Gasteiger partial charge in [0.15, 0.2) is 11.5 Å². The lowest BCUT2D eigenvalue weighted by atomic mass is 9.66. The lowest BCUT2D eigenvalue weighted by Crippen LogP contribution is -2.44. The van der Waals surface area contributed by atoms with E-state index in [1.807, 2.05) is 17.0 Å². The third-order valence-corrected chi connectivity index (χ3v) is 8.90. The molecule has 206 valence electrons. The highest BCUT2D eigenvalue weighted by molar-refractivity contribution is 5.87. The van der Waals surface area contributed by atoms with Crippen molar-refractivity contribution in [2.75, 3.05) is 33.0 Å². The van der Waals surface area contributed by atoms with Crippen LogP contribution < -0.4 is 9.47 Å². The number of amides is 2. The lowest BCUT2D eigenvalue weighted by molar-refractivity contribution is -0.137. The second-order valence-corrected chi connectivity index (χ2v) is 11.4. The molecule has 6 nitrogen and oxygen atoms in total. The molecular formula is C32H44N2O4. The molecule has 2 fully saturated rings. The number of hydrogen-bond donors (Lipinski definition) is 0. The quantitative estimate of drug-likeness (QED) is 0.237. The van der Waals surface area contributed by atoms with Crippen LogP contribution in [-0.2, 0) is 9.59 Å². The summed E-state index contributed by atoms with van der Waals surface area (Å²) in [5.74, 6) is 2.08. The molecule has 1 aromatic rings. The third kappa shape index (κ3) is 6.10. The molecule has 1 aliphatic carbocycles. The Morgan fingerprint density at radius 1 is 0.895 bits per heavy atom. The maximum Gasteiger partial charge on any atom is 0.246 e. The van der Waals surface area contributed by atoms with Crippen molar-refractivity contribution in [3.63, 3.8) is 0 Å². The molecule has 0 aromatic heterocycles. The van der Waals surface area contributed by atoms with Gasteiger partial charge >= 0.3 is 0 Å². The Morgan fingerprint density at radius 3 is 2.34 bits per heavy atom. The minimum Gasteiger partial charge on any atom is -0.454 e. The molecule has 4 aliphatic rings. The van der Waals surface area contributed by atoms with E-state index in [2.05, 4.69) is 42.2 Å². The molecule has 1 aromatic carbocycles. The third-order valence-electron chi connectivity index (χ3n) is 8.90. The highest BCUT2D eigenvalue weighted by Crippen LogP contribution is 2.46. The van der Waals surface area contributed by atoms with E-state index >= 15 is 0 Å². The van der Waals surface area contributed by atoms with Crippen molar-refractivity contribution in [3.05, 3.63) is 48.1 Å². The summed E-state index contributed by atoms with van der Waals surface area (Å²) >= 11 is 0. The van der Waals surface area contributed by atoms with Crippen LogP contribution in [0.2, 0.25) is 0 Å². The Kier molecular flexibility index (Phi) is 9.08. The van der Waals surface area contributed by atoms with Crippen molar-refractivity contribution in [2.45, 2.75) is 77.0 Å². The van der Waals surface area contributed by atoms with Gasteiger partial charge in [-0.2, -0.15) is 0 Å². The van der Waals surface area contributed by atoms with Crippen LogP contribution >= 0.6 is 0 Å². The van der Waals surface area contributed by atoms with Crippen LogP contribution in [0.3, 0.4) is 0 Å². The predicted octanol–water partition coefficient (Wildman–Crippen LogP) is 6.08. The number of nitrogens with zero attached hydrogens (tertiary/aromatic N) is 2. The summed E-state index contributed by atoms with van der Waals surface area (Å²) in [7, 11) is 0. The largest absolute Gasteiger partial charge is 0.454 e. The second kappa shape index (κ2) is 12.9. The fraction of sp³-hybridized carbons (Fsp3) is 0.625. The number of fused-ring (bicyclic) bond motifs is 1. The van der Waals surface area contributed by atoms with Crippen LogP contribution in [0.4, 0.5) is 0 Å². The molecule has 3 aliphatic heterocycles. The van der Waals surface area contributed by atoms with E-state index in [0.717, 1.165) is 94.6 Å². The number of carbonyl (C=O) groups is 2. The molecule has 2 saturated heterocycles. The maximum atomic E-state index is 13.9. The van der Waals surface area contributed by atoms with Gasteiger partial charge in [0.05, 0.1) is 5.92 Å². The Morgan fingerprint density at radius 2 is 1.61 bits per heavy atom. The normalized spacial score (nSPS) is 27.2. The number of likely N-dealkylation sites (tertiary alicyclic amines) is 2. The summed E-state index contributed by atoms with van der Waals surface area (Å²) in [6.07, 6.45) is 19.5. The van der Waals surface area contributed by atoms with Crippen LogP contribution in [-0.4, -0.2) is 54.6 Å². The number of ether oxygens (including phenoxy) is 2. The van der Waals surface area contributed by atoms with Crippen molar-refractivity contribution in [1.29, 1.82) is 0 Å². The van der Waals surface area contributed by atoms with Crippen molar-refractivity contribution >= 4 is 11.8 Å². The van der Waals surface area contributed by atoms with Gasteiger partial charge in [-0.3, -0.25) is 9.59 Å². The number of piperidine rings is 2. The van der Waals surface area contributed by atoms with Crippen LogP contribution in [0.15, 0.2) is 42.5 Å². The van der Waals surface area contributed by atoms with E-state index in [1.165, 1.54) is 12.8 Å². The molecular weight excluding hydrogens is 476 g/mol. The SMILES string of the molecule is CCCCC[C@H]1[C@H](/C=C/C(=O)N2CCCCC2)[C@@H](c2ccc3c(c2)OCO3)C=C[C@H]1C(=O)N1CCCCC1. The molecule has 2 amide bonds. The standard InChI is InChI=1S/C32H44N2O4/c1-2-3-6-11-26-27(15-17-31(35)33-18-7-4-8-19-33)25(24-12-16-29-30(22-24)38-23-37-29)13-14-28(26)32(36)34-20-9-5-10-21-34/h12-17,22,25-28H,2-11,18-21,23H2,1H3/b17-15+/t25-,26+,27-,28-/m1/s1. The van der Waals surface area contributed by atoms with E-state index < -0.39 is 0 Å². The van der Waals surface area contributed by atoms with E-state index in [4.69, 9.17) is 9.47 Å². The summed E-state index contributed by atoms with van der Waals surface area (Å²) in [5, 5.41) is 0. The minimum atomic E-state index is -0.144. The van der Waals surface area contributed by atoms with E-state index in [9.17, 15) is 9.59 Å². The second-order valence-electron chi connectivity index (χ2n) is 11.4. The van der Waals surface area contributed by atoms with Crippen LogP contribution in [0, 0.1) is 17.8 Å². The summed E-state index contributed by atoms with van der Waals surface area (Å²) in [6, 6.07) is 6.19. The van der Waals surface area contributed by atoms with Gasteiger partial charge in [0, 0.05) is 32.1 Å². The van der Waals surface area contributed by atoms with Crippen LogP contribution in [0.1, 0.15) is 82.6 Å². The average molecular weight is 521 g/mol. The first kappa shape index (κ1) is 26.8. The number of unbranched alkanes of at least 4 members (excludes halogenated alkanes) is 2.